The van der Waals surface area contributed by atoms with Crippen LogP contribution in [0.3, 0.4) is 0 Å². The van der Waals surface area contributed by atoms with Crippen LogP contribution in [0.1, 0.15) is 13.8 Å². The Balaban J connectivity index is 2.47. The molecular formula is C15H15BClF. The molecule has 0 heterocycles. The Hall–Kier alpha value is -1.28. The molecule has 0 spiro atoms. The highest BCUT2D eigenvalue weighted by Crippen LogP contribution is 2.14. The Bertz CT molecular complexity index is 522. The van der Waals surface area contributed by atoms with Crippen molar-refractivity contribution in [3.05, 3.63) is 59.4 Å². The molecule has 0 aliphatic rings. The zero-order valence-electron chi connectivity index (χ0n) is 10.5. The van der Waals surface area contributed by atoms with Crippen molar-refractivity contribution >= 4 is 29.2 Å². The van der Waals surface area contributed by atoms with E-state index < -0.39 is 0 Å². The van der Waals surface area contributed by atoms with E-state index in [0.29, 0.717) is 5.82 Å². The largest absolute Gasteiger partial charge is 0.213 e. The van der Waals surface area contributed by atoms with Gasteiger partial charge in [0.2, 0.25) is 6.71 Å². The van der Waals surface area contributed by atoms with Crippen LogP contribution in [0.15, 0.2) is 48.5 Å². The summed E-state index contributed by atoms with van der Waals surface area (Å²) in [4.78, 5) is 0. The fourth-order valence-corrected chi connectivity index (χ4v) is 2.57. The van der Waals surface area contributed by atoms with Crippen molar-refractivity contribution in [2.75, 3.05) is 0 Å². The predicted molar refractivity (Wildman–Crippen MR) is 78.0 cm³/mol. The molecule has 0 aliphatic carbocycles. The highest BCUT2D eigenvalue weighted by molar-refractivity contribution is 6.87. The minimum atomic E-state index is -0.208. The molecule has 0 unspecified atom stereocenters. The smallest absolute Gasteiger partial charge is 0.207 e. The van der Waals surface area contributed by atoms with Gasteiger partial charge in [0.15, 0.2) is 0 Å². The third-order valence-electron chi connectivity index (χ3n) is 3.14. The van der Waals surface area contributed by atoms with Crippen molar-refractivity contribution in [3.63, 3.8) is 0 Å². The number of benzene rings is 2. The monoisotopic (exact) mass is 260 g/mol. The van der Waals surface area contributed by atoms with Gasteiger partial charge in [0.25, 0.3) is 0 Å². The molecule has 0 N–H and O–H groups in total. The summed E-state index contributed by atoms with van der Waals surface area (Å²) in [5.41, 5.74) is 2.19. The van der Waals surface area contributed by atoms with Crippen molar-refractivity contribution in [1.82, 2.24) is 0 Å². The van der Waals surface area contributed by atoms with E-state index >= 15 is 0 Å². The molecule has 0 saturated heterocycles. The van der Waals surface area contributed by atoms with E-state index in [9.17, 15) is 4.39 Å². The van der Waals surface area contributed by atoms with Gasteiger partial charge in [-0.3, -0.25) is 0 Å². The third kappa shape index (κ3) is 2.76. The maximum atomic E-state index is 13.0. The Morgan fingerprint density at radius 2 is 1.61 bits per heavy atom. The molecule has 0 radical (unpaired) electrons. The van der Waals surface area contributed by atoms with E-state index in [1.54, 1.807) is 0 Å². The van der Waals surface area contributed by atoms with Gasteiger partial charge in [0, 0.05) is 5.02 Å². The quantitative estimate of drug-likeness (QED) is 0.741. The molecule has 0 amide bonds. The highest BCUT2D eigenvalue weighted by atomic mass is 35.5. The molecule has 0 aromatic heterocycles. The molecule has 2 rings (SSSR count). The van der Waals surface area contributed by atoms with Crippen molar-refractivity contribution < 1.29 is 4.39 Å². The fourth-order valence-electron chi connectivity index (χ4n) is 2.32. The lowest BCUT2D eigenvalue weighted by Crippen LogP contribution is -2.45. The Kier molecular flexibility index (Phi) is 4.08. The second-order valence-corrected chi connectivity index (χ2v) is 5.20. The standard InChI is InChI=1S/C15H15BClF/c1-11(2)16(12-7-9-13(18)10-8-12)14-5-3-4-6-15(14)17/h3-11H,1-2H3. The molecule has 0 bridgehead atoms. The average Bonchev–Trinajstić information content (AvgIpc) is 2.34. The molecule has 0 nitrogen and oxygen atoms in total. The molecular weight excluding hydrogens is 245 g/mol. The van der Waals surface area contributed by atoms with Crippen LogP contribution in [-0.4, -0.2) is 6.71 Å². The summed E-state index contributed by atoms with van der Waals surface area (Å²) in [5, 5.41) is 0.764. The Morgan fingerprint density at radius 1 is 1.00 bits per heavy atom. The van der Waals surface area contributed by atoms with E-state index in [-0.39, 0.29) is 12.5 Å². The minimum Gasteiger partial charge on any atom is -0.207 e. The van der Waals surface area contributed by atoms with Gasteiger partial charge in [-0.2, -0.15) is 0 Å². The molecule has 0 fully saturated rings. The van der Waals surface area contributed by atoms with Crippen molar-refractivity contribution in [1.29, 1.82) is 0 Å². The summed E-state index contributed by atoms with van der Waals surface area (Å²) in [5.74, 6) is 0.191. The minimum absolute atomic E-state index is 0.194. The highest BCUT2D eigenvalue weighted by Gasteiger charge is 2.24. The van der Waals surface area contributed by atoms with Crippen LogP contribution in [0, 0.1) is 5.82 Å². The summed E-state index contributed by atoms with van der Waals surface area (Å²) < 4.78 is 13.0. The van der Waals surface area contributed by atoms with Crippen LogP contribution < -0.4 is 10.9 Å². The van der Waals surface area contributed by atoms with Crippen LogP contribution in [0.5, 0.6) is 0 Å². The molecule has 2 aromatic rings. The van der Waals surface area contributed by atoms with Gasteiger partial charge in [0.05, 0.1) is 0 Å². The van der Waals surface area contributed by atoms with E-state index in [2.05, 4.69) is 13.8 Å². The lowest BCUT2D eigenvalue weighted by molar-refractivity contribution is 0.628. The molecule has 3 heteroatoms. The van der Waals surface area contributed by atoms with Crippen LogP contribution >= 0.6 is 11.6 Å². The summed E-state index contributed by atoms with van der Waals surface area (Å²) in [6, 6.07) is 14.5. The Morgan fingerprint density at radius 3 is 2.17 bits per heavy atom. The first-order chi connectivity index (χ1) is 8.59. The van der Waals surface area contributed by atoms with Crippen LogP contribution in [0.2, 0.25) is 10.8 Å². The van der Waals surface area contributed by atoms with Crippen LogP contribution in [0.25, 0.3) is 0 Å². The number of halogens is 2. The summed E-state index contributed by atoms with van der Waals surface area (Å²) in [7, 11) is 0. The molecule has 18 heavy (non-hydrogen) atoms. The van der Waals surface area contributed by atoms with Gasteiger partial charge in [-0.05, 0) is 18.2 Å². The van der Waals surface area contributed by atoms with Crippen molar-refractivity contribution in [3.8, 4) is 0 Å². The van der Waals surface area contributed by atoms with Crippen molar-refractivity contribution in [2.45, 2.75) is 19.7 Å². The molecule has 0 atom stereocenters. The fraction of sp³-hybridized carbons (Fsp3) is 0.200. The third-order valence-corrected chi connectivity index (χ3v) is 3.48. The first-order valence-electron chi connectivity index (χ1n) is 6.09. The van der Waals surface area contributed by atoms with Crippen LogP contribution in [-0.2, 0) is 0 Å². The SMILES string of the molecule is CC(C)B(c1ccc(F)cc1)c1ccccc1Cl. The van der Waals surface area contributed by atoms with Gasteiger partial charge in [-0.1, -0.05) is 72.5 Å². The van der Waals surface area contributed by atoms with E-state index in [1.807, 2.05) is 36.4 Å². The maximum Gasteiger partial charge on any atom is 0.213 e. The topological polar surface area (TPSA) is 0 Å². The second kappa shape index (κ2) is 5.58. The zero-order valence-corrected chi connectivity index (χ0v) is 11.3. The summed E-state index contributed by atoms with van der Waals surface area (Å²) >= 11 is 6.27. The van der Waals surface area contributed by atoms with E-state index in [4.69, 9.17) is 11.6 Å². The van der Waals surface area contributed by atoms with Crippen molar-refractivity contribution in [2.24, 2.45) is 0 Å². The van der Waals surface area contributed by atoms with Crippen LogP contribution in [0.4, 0.5) is 4.39 Å². The second-order valence-electron chi connectivity index (χ2n) is 4.79. The van der Waals surface area contributed by atoms with E-state index in [1.165, 1.54) is 12.1 Å². The molecule has 0 saturated carbocycles. The first-order valence-corrected chi connectivity index (χ1v) is 6.47. The lowest BCUT2D eigenvalue weighted by Gasteiger charge is -2.19. The van der Waals surface area contributed by atoms with E-state index in [0.717, 1.165) is 15.9 Å². The molecule has 0 aliphatic heterocycles. The number of rotatable bonds is 3. The predicted octanol–water partition coefficient (Wildman–Crippen LogP) is 3.50. The summed E-state index contributed by atoms with van der Waals surface area (Å²) in [6.07, 6.45) is 0. The first kappa shape index (κ1) is 13.2. The zero-order chi connectivity index (χ0) is 13.1. The lowest BCUT2D eigenvalue weighted by atomic mass is 9.34. The molecule has 92 valence electrons. The average molecular weight is 261 g/mol. The normalized spacial score (nSPS) is 10.7. The number of hydrogen-bond donors (Lipinski definition) is 0. The Labute approximate surface area is 113 Å². The van der Waals surface area contributed by atoms with Gasteiger partial charge in [0.1, 0.15) is 5.82 Å². The van der Waals surface area contributed by atoms with Gasteiger partial charge in [-0.25, -0.2) is 4.39 Å². The number of hydrogen-bond acceptors (Lipinski definition) is 0. The van der Waals surface area contributed by atoms with Gasteiger partial charge < -0.3 is 0 Å². The van der Waals surface area contributed by atoms with Gasteiger partial charge in [-0.15, -0.1) is 0 Å². The molecule has 2 aromatic carbocycles. The van der Waals surface area contributed by atoms with Gasteiger partial charge >= 0.3 is 0 Å². The summed E-state index contributed by atoms with van der Waals surface area (Å²) in [6.45, 7) is 4.49. The maximum absolute atomic E-state index is 13.0.